The summed E-state index contributed by atoms with van der Waals surface area (Å²) in [7, 11) is 0. The fourth-order valence-electron chi connectivity index (χ4n) is 1.60. The van der Waals surface area contributed by atoms with E-state index < -0.39 is 0 Å². The van der Waals surface area contributed by atoms with Gasteiger partial charge < -0.3 is 10.6 Å². The molecular weight excluding hydrogens is 212 g/mol. The summed E-state index contributed by atoms with van der Waals surface area (Å²) in [6, 6.07) is -0.0659. The summed E-state index contributed by atoms with van der Waals surface area (Å²) in [5.74, 6) is 0.772. The third-order valence-corrected chi connectivity index (χ3v) is 2.90. The first-order valence-corrected chi connectivity index (χ1v) is 7.09. The Hall–Kier alpha value is -0.570. The van der Waals surface area contributed by atoms with Gasteiger partial charge in [0, 0.05) is 6.54 Å². The predicted octanol–water partition coefficient (Wildman–Crippen LogP) is 2.71. The number of unbranched alkanes of at least 4 members (excludes halogenated alkanes) is 3. The summed E-state index contributed by atoms with van der Waals surface area (Å²) in [6.07, 6.45) is 6.01. The van der Waals surface area contributed by atoms with Crippen molar-refractivity contribution in [1.29, 1.82) is 0 Å². The van der Waals surface area contributed by atoms with Gasteiger partial charge in [0.1, 0.15) is 0 Å². The van der Waals surface area contributed by atoms with Crippen LogP contribution in [0, 0.1) is 5.92 Å². The van der Waals surface area contributed by atoms with E-state index in [1.54, 1.807) is 0 Å². The minimum atomic E-state index is -0.0659. The molecule has 3 nitrogen and oxygen atoms in total. The van der Waals surface area contributed by atoms with Crippen molar-refractivity contribution < 1.29 is 4.79 Å². The summed E-state index contributed by atoms with van der Waals surface area (Å²) < 4.78 is 0. The molecule has 17 heavy (non-hydrogen) atoms. The van der Waals surface area contributed by atoms with E-state index in [1.165, 1.54) is 19.3 Å². The average molecular weight is 242 g/mol. The highest BCUT2D eigenvalue weighted by Gasteiger charge is 2.10. The van der Waals surface area contributed by atoms with Gasteiger partial charge >= 0.3 is 0 Å². The number of hydrogen-bond donors (Lipinski definition) is 2. The minimum Gasteiger partial charge on any atom is -0.355 e. The van der Waals surface area contributed by atoms with Gasteiger partial charge in [-0.15, -0.1) is 0 Å². The van der Waals surface area contributed by atoms with Crippen molar-refractivity contribution in [3.05, 3.63) is 0 Å². The zero-order chi connectivity index (χ0) is 13.1. The maximum atomic E-state index is 11.7. The third kappa shape index (κ3) is 10.3. The van der Waals surface area contributed by atoms with Gasteiger partial charge in [-0.3, -0.25) is 4.79 Å². The Labute approximate surface area is 107 Å². The van der Waals surface area contributed by atoms with E-state index in [1.807, 2.05) is 6.92 Å². The summed E-state index contributed by atoms with van der Waals surface area (Å²) in [4.78, 5) is 11.7. The van der Waals surface area contributed by atoms with Gasteiger partial charge in [-0.1, -0.05) is 40.0 Å². The van der Waals surface area contributed by atoms with Crippen LogP contribution in [0.25, 0.3) is 0 Å². The fourth-order valence-corrected chi connectivity index (χ4v) is 1.60. The van der Waals surface area contributed by atoms with Crippen molar-refractivity contribution >= 4 is 5.91 Å². The molecule has 0 saturated carbocycles. The van der Waals surface area contributed by atoms with Crippen LogP contribution in [-0.4, -0.2) is 25.0 Å². The molecule has 0 bridgehead atoms. The van der Waals surface area contributed by atoms with Gasteiger partial charge in [-0.25, -0.2) is 0 Å². The molecule has 0 spiro atoms. The standard InChI is InChI=1S/C14H30N2O/c1-5-6-7-8-10-15-13(4)14(17)16-11-9-12(2)3/h12-13,15H,5-11H2,1-4H3,(H,16,17). The first-order valence-electron chi connectivity index (χ1n) is 7.09. The first kappa shape index (κ1) is 16.4. The van der Waals surface area contributed by atoms with Crippen LogP contribution >= 0.6 is 0 Å². The van der Waals surface area contributed by atoms with Gasteiger partial charge in [0.05, 0.1) is 6.04 Å². The highest BCUT2D eigenvalue weighted by molar-refractivity contribution is 5.81. The van der Waals surface area contributed by atoms with E-state index in [4.69, 9.17) is 0 Å². The molecule has 0 aromatic heterocycles. The normalized spacial score (nSPS) is 12.8. The molecule has 0 rings (SSSR count). The van der Waals surface area contributed by atoms with Crippen LogP contribution in [0.4, 0.5) is 0 Å². The van der Waals surface area contributed by atoms with E-state index in [9.17, 15) is 4.79 Å². The van der Waals surface area contributed by atoms with Gasteiger partial charge in [0.25, 0.3) is 0 Å². The summed E-state index contributed by atoms with van der Waals surface area (Å²) in [5.41, 5.74) is 0. The Morgan fingerprint density at radius 3 is 2.35 bits per heavy atom. The van der Waals surface area contributed by atoms with E-state index >= 15 is 0 Å². The number of carbonyl (C=O) groups is 1. The lowest BCUT2D eigenvalue weighted by molar-refractivity contribution is -0.122. The van der Waals surface area contributed by atoms with Crippen molar-refractivity contribution in [1.82, 2.24) is 10.6 Å². The maximum Gasteiger partial charge on any atom is 0.236 e. The molecule has 2 N–H and O–H groups in total. The van der Waals surface area contributed by atoms with Crippen molar-refractivity contribution in [2.75, 3.05) is 13.1 Å². The van der Waals surface area contributed by atoms with Crippen LogP contribution in [-0.2, 0) is 4.79 Å². The highest BCUT2D eigenvalue weighted by atomic mass is 16.2. The molecular formula is C14H30N2O. The SMILES string of the molecule is CCCCCCNC(C)C(=O)NCCC(C)C. The minimum absolute atomic E-state index is 0.0659. The Kier molecular flexibility index (Phi) is 10.2. The molecule has 0 aliphatic rings. The molecule has 0 radical (unpaired) electrons. The van der Waals surface area contributed by atoms with Crippen LogP contribution in [0.3, 0.4) is 0 Å². The van der Waals surface area contributed by atoms with E-state index in [0.717, 1.165) is 25.9 Å². The Morgan fingerprint density at radius 1 is 1.06 bits per heavy atom. The first-order chi connectivity index (χ1) is 8.07. The van der Waals surface area contributed by atoms with Crippen molar-refractivity contribution in [2.45, 2.75) is 65.8 Å². The predicted molar refractivity (Wildman–Crippen MR) is 74.1 cm³/mol. The average Bonchev–Trinajstić information content (AvgIpc) is 2.27. The van der Waals surface area contributed by atoms with Gasteiger partial charge in [-0.2, -0.15) is 0 Å². The molecule has 1 amide bonds. The summed E-state index contributed by atoms with van der Waals surface area (Å²) in [6.45, 7) is 10.2. The summed E-state index contributed by atoms with van der Waals surface area (Å²) >= 11 is 0. The fraction of sp³-hybridized carbons (Fsp3) is 0.929. The molecule has 0 fully saturated rings. The molecule has 0 aromatic carbocycles. The number of nitrogens with one attached hydrogen (secondary N) is 2. The van der Waals surface area contributed by atoms with Gasteiger partial charge in [0.2, 0.25) is 5.91 Å². The lowest BCUT2D eigenvalue weighted by Gasteiger charge is -2.14. The molecule has 0 saturated heterocycles. The number of rotatable bonds is 10. The Morgan fingerprint density at radius 2 is 1.76 bits per heavy atom. The number of carbonyl (C=O) groups excluding carboxylic acids is 1. The second kappa shape index (κ2) is 10.6. The second-order valence-electron chi connectivity index (χ2n) is 5.21. The van der Waals surface area contributed by atoms with Crippen LogP contribution in [0.5, 0.6) is 0 Å². The van der Waals surface area contributed by atoms with E-state index in [0.29, 0.717) is 5.92 Å². The molecule has 1 unspecified atom stereocenters. The number of amides is 1. The topological polar surface area (TPSA) is 41.1 Å². The van der Waals surface area contributed by atoms with Gasteiger partial charge in [0.15, 0.2) is 0 Å². The largest absolute Gasteiger partial charge is 0.355 e. The molecule has 0 aliphatic heterocycles. The Bertz CT molecular complexity index is 193. The smallest absolute Gasteiger partial charge is 0.236 e. The zero-order valence-electron chi connectivity index (χ0n) is 12.0. The van der Waals surface area contributed by atoms with Crippen LogP contribution in [0.1, 0.15) is 59.8 Å². The molecule has 102 valence electrons. The summed E-state index contributed by atoms with van der Waals surface area (Å²) in [5, 5.41) is 6.23. The lowest BCUT2D eigenvalue weighted by Crippen LogP contribution is -2.42. The van der Waals surface area contributed by atoms with Gasteiger partial charge in [-0.05, 0) is 32.2 Å². The van der Waals surface area contributed by atoms with Crippen molar-refractivity contribution in [3.8, 4) is 0 Å². The van der Waals surface area contributed by atoms with Crippen molar-refractivity contribution in [2.24, 2.45) is 5.92 Å². The number of hydrogen-bond acceptors (Lipinski definition) is 2. The zero-order valence-corrected chi connectivity index (χ0v) is 12.0. The third-order valence-electron chi connectivity index (χ3n) is 2.90. The highest BCUT2D eigenvalue weighted by Crippen LogP contribution is 1.98. The van der Waals surface area contributed by atoms with Crippen molar-refractivity contribution in [3.63, 3.8) is 0 Å². The molecule has 0 aromatic rings. The second-order valence-corrected chi connectivity index (χ2v) is 5.21. The van der Waals surface area contributed by atoms with Crippen LogP contribution < -0.4 is 10.6 Å². The quantitative estimate of drug-likeness (QED) is 0.578. The van der Waals surface area contributed by atoms with Crippen LogP contribution in [0.2, 0.25) is 0 Å². The van der Waals surface area contributed by atoms with E-state index in [2.05, 4.69) is 31.4 Å². The molecule has 0 aliphatic carbocycles. The van der Waals surface area contributed by atoms with Crippen LogP contribution in [0.15, 0.2) is 0 Å². The monoisotopic (exact) mass is 242 g/mol. The lowest BCUT2D eigenvalue weighted by atomic mass is 10.1. The van der Waals surface area contributed by atoms with E-state index in [-0.39, 0.29) is 11.9 Å². The maximum absolute atomic E-state index is 11.7. The molecule has 0 heterocycles. The molecule has 1 atom stereocenters. The molecule has 3 heteroatoms. The Balaban J connectivity index is 3.47.